The van der Waals surface area contributed by atoms with Crippen LogP contribution in [0.1, 0.15) is 44.2 Å². The van der Waals surface area contributed by atoms with Crippen molar-refractivity contribution in [1.82, 2.24) is 10.2 Å². The molecule has 1 aromatic rings. The van der Waals surface area contributed by atoms with Crippen LogP contribution in [0.25, 0.3) is 0 Å². The lowest BCUT2D eigenvalue weighted by atomic mass is 9.97. The van der Waals surface area contributed by atoms with E-state index < -0.39 is 0 Å². The highest BCUT2D eigenvalue weighted by Crippen LogP contribution is 2.30. The van der Waals surface area contributed by atoms with Crippen LogP contribution in [0, 0.1) is 5.82 Å². The largest absolute Gasteiger partial charge is 0.508 e. The highest BCUT2D eigenvalue weighted by molar-refractivity contribution is 5.85. The number of phenolic OH excluding ortho intramolecular Hbond substituents is 1. The zero-order valence-corrected chi connectivity index (χ0v) is 13.5. The number of halogens is 2. The third kappa shape index (κ3) is 5.13. The van der Waals surface area contributed by atoms with Crippen molar-refractivity contribution >= 4 is 12.4 Å². The minimum absolute atomic E-state index is 0. The molecule has 5 heteroatoms. The van der Waals surface area contributed by atoms with E-state index in [9.17, 15) is 9.50 Å². The standard InChI is InChI=1S/C16H25FN2O.ClH/c1-2-3-4-5-16(19-10-8-18-9-11-19)14-7-6-13(20)12-15(14)17;/h6-7,12,16,18,20H,2-5,8-11H2,1H3;1H/t16-;/m0./s1. The van der Waals surface area contributed by atoms with Gasteiger partial charge in [0.2, 0.25) is 0 Å². The summed E-state index contributed by atoms with van der Waals surface area (Å²) in [6.45, 7) is 6.02. The third-order valence-electron chi connectivity index (χ3n) is 4.02. The van der Waals surface area contributed by atoms with E-state index in [0.717, 1.165) is 44.6 Å². The van der Waals surface area contributed by atoms with E-state index in [0.29, 0.717) is 0 Å². The van der Waals surface area contributed by atoms with Gasteiger partial charge in [-0.05, 0) is 12.5 Å². The summed E-state index contributed by atoms with van der Waals surface area (Å²) in [5, 5.41) is 12.7. The molecule has 1 saturated heterocycles. The first-order valence-electron chi connectivity index (χ1n) is 7.65. The van der Waals surface area contributed by atoms with Crippen LogP contribution in [0.5, 0.6) is 5.75 Å². The van der Waals surface area contributed by atoms with Crippen LogP contribution in [0.4, 0.5) is 4.39 Å². The fourth-order valence-corrected chi connectivity index (χ4v) is 2.90. The van der Waals surface area contributed by atoms with Gasteiger partial charge in [0.25, 0.3) is 0 Å². The Morgan fingerprint density at radius 2 is 2.00 bits per heavy atom. The second kappa shape index (κ2) is 9.23. The molecule has 0 amide bonds. The van der Waals surface area contributed by atoms with Gasteiger partial charge >= 0.3 is 0 Å². The average Bonchev–Trinajstić information content (AvgIpc) is 2.46. The molecule has 0 unspecified atom stereocenters. The molecule has 1 fully saturated rings. The third-order valence-corrected chi connectivity index (χ3v) is 4.02. The number of rotatable bonds is 6. The topological polar surface area (TPSA) is 35.5 Å². The van der Waals surface area contributed by atoms with Crippen LogP contribution in [0.3, 0.4) is 0 Å². The fraction of sp³-hybridized carbons (Fsp3) is 0.625. The van der Waals surface area contributed by atoms with Crippen molar-refractivity contribution in [3.05, 3.63) is 29.6 Å². The molecule has 0 saturated carbocycles. The monoisotopic (exact) mass is 316 g/mol. The van der Waals surface area contributed by atoms with Crippen molar-refractivity contribution in [2.24, 2.45) is 0 Å². The van der Waals surface area contributed by atoms with Crippen LogP contribution >= 0.6 is 12.4 Å². The molecule has 1 atom stereocenters. The normalized spacial score (nSPS) is 17.2. The average molecular weight is 317 g/mol. The van der Waals surface area contributed by atoms with Gasteiger partial charge in [-0.2, -0.15) is 0 Å². The van der Waals surface area contributed by atoms with Crippen LogP contribution in [-0.4, -0.2) is 36.2 Å². The van der Waals surface area contributed by atoms with E-state index in [1.165, 1.54) is 18.9 Å². The highest BCUT2D eigenvalue weighted by Gasteiger charge is 2.24. The van der Waals surface area contributed by atoms with Gasteiger partial charge in [-0.3, -0.25) is 4.90 Å². The predicted molar refractivity (Wildman–Crippen MR) is 86.6 cm³/mol. The molecule has 3 nitrogen and oxygen atoms in total. The molecule has 0 aromatic heterocycles. The molecule has 21 heavy (non-hydrogen) atoms. The first kappa shape index (κ1) is 18.2. The number of hydrogen-bond donors (Lipinski definition) is 2. The van der Waals surface area contributed by atoms with E-state index in [2.05, 4.69) is 17.1 Å². The van der Waals surface area contributed by atoms with Crippen molar-refractivity contribution in [3.63, 3.8) is 0 Å². The van der Waals surface area contributed by atoms with Crippen LogP contribution in [0.2, 0.25) is 0 Å². The van der Waals surface area contributed by atoms with Crippen molar-refractivity contribution in [2.45, 2.75) is 38.6 Å². The van der Waals surface area contributed by atoms with Gasteiger partial charge in [0.1, 0.15) is 11.6 Å². The lowest BCUT2D eigenvalue weighted by Crippen LogP contribution is -2.45. The summed E-state index contributed by atoms with van der Waals surface area (Å²) < 4.78 is 14.2. The Labute approximate surface area is 132 Å². The Morgan fingerprint density at radius 1 is 1.29 bits per heavy atom. The maximum atomic E-state index is 14.2. The minimum Gasteiger partial charge on any atom is -0.508 e. The molecule has 1 aliphatic heterocycles. The molecular weight excluding hydrogens is 291 g/mol. The van der Waals surface area contributed by atoms with Gasteiger partial charge in [0.05, 0.1) is 0 Å². The molecule has 1 heterocycles. The molecule has 2 N–H and O–H groups in total. The number of benzene rings is 1. The van der Waals surface area contributed by atoms with Crippen molar-refractivity contribution in [1.29, 1.82) is 0 Å². The number of piperazine rings is 1. The Morgan fingerprint density at radius 3 is 2.62 bits per heavy atom. The molecule has 0 spiro atoms. The van der Waals surface area contributed by atoms with Crippen molar-refractivity contribution in [3.8, 4) is 5.75 Å². The van der Waals surface area contributed by atoms with Crippen LogP contribution in [0.15, 0.2) is 18.2 Å². The number of nitrogens with zero attached hydrogens (tertiary/aromatic N) is 1. The van der Waals surface area contributed by atoms with Crippen LogP contribution < -0.4 is 5.32 Å². The summed E-state index contributed by atoms with van der Waals surface area (Å²) in [6.07, 6.45) is 4.45. The van der Waals surface area contributed by atoms with Gasteiger partial charge in [0.15, 0.2) is 0 Å². The summed E-state index contributed by atoms with van der Waals surface area (Å²) in [7, 11) is 0. The first-order valence-corrected chi connectivity index (χ1v) is 7.65. The van der Waals surface area contributed by atoms with E-state index in [4.69, 9.17) is 0 Å². The van der Waals surface area contributed by atoms with Gasteiger partial charge in [0, 0.05) is 43.9 Å². The zero-order valence-electron chi connectivity index (χ0n) is 12.6. The SMILES string of the molecule is CCCCC[C@@H](c1ccc(O)cc1F)N1CCNCC1.Cl. The molecule has 1 aromatic carbocycles. The molecular formula is C16H26ClFN2O. The van der Waals surface area contributed by atoms with E-state index in [1.54, 1.807) is 12.1 Å². The van der Waals surface area contributed by atoms with Gasteiger partial charge < -0.3 is 10.4 Å². The summed E-state index contributed by atoms with van der Waals surface area (Å²) in [4.78, 5) is 2.36. The zero-order chi connectivity index (χ0) is 14.4. The van der Waals surface area contributed by atoms with Gasteiger partial charge in [-0.25, -0.2) is 4.39 Å². The number of phenols is 1. The number of nitrogens with one attached hydrogen (secondary N) is 1. The summed E-state index contributed by atoms with van der Waals surface area (Å²) in [5.41, 5.74) is 0.723. The second-order valence-corrected chi connectivity index (χ2v) is 5.50. The Hall–Kier alpha value is -0.840. The fourth-order valence-electron chi connectivity index (χ4n) is 2.90. The molecule has 0 radical (unpaired) electrons. The van der Waals surface area contributed by atoms with Crippen LogP contribution in [-0.2, 0) is 0 Å². The minimum atomic E-state index is -0.287. The predicted octanol–water partition coefficient (Wildman–Crippen LogP) is 3.48. The molecule has 0 bridgehead atoms. The van der Waals surface area contributed by atoms with Crippen molar-refractivity contribution < 1.29 is 9.50 Å². The summed E-state index contributed by atoms with van der Waals surface area (Å²) >= 11 is 0. The highest BCUT2D eigenvalue weighted by atomic mass is 35.5. The summed E-state index contributed by atoms with van der Waals surface area (Å²) in [5.74, 6) is -0.288. The Bertz CT molecular complexity index is 425. The molecule has 0 aliphatic carbocycles. The van der Waals surface area contributed by atoms with Gasteiger partial charge in [-0.15, -0.1) is 12.4 Å². The molecule has 1 aliphatic rings. The molecule has 2 rings (SSSR count). The maximum absolute atomic E-state index is 14.2. The molecule has 120 valence electrons. The number of aromatic hydroxyl groups is 1. The van der Waals surface area contributed by atoms with E-state index in [1.807, 2.05) is 0 Å². The number of unbranched alkanes of at least 4 members (excludes halogenated alkanes) is 2. The number of hydrogen-bond acceptors (Lipinski definition) is 3. The lowest BCUT2D eigenvalue weighted by molar-refractivity contribution is 0.159. The van der Waals surface area contributed by atoms with Crippen molar-refractivity contribution in [2.75, 3.05) is 26.2 Å². The Kier molecular flexibility index (Phi) is 8.01. The quantitative estimate of drug-likeness (QED) is 0.789. The lowest BCUT2D eigenvalue weighted by Gasteiger charge is -2.35. The van der Waals surface area contributed by atoms with E-state index >= 15 is 0 Å². The smallest absolute Gasteiger partial charge is 0.131 e. The van der Waals surface area contributed by atoms with Gasteiger partial charge in [-0.1, -0.05) is 32.3 Å². The maximum Gasteiger partial charge on any atom is 0.131 e. The summed E-state index contributed by atoms with van der Waals surface area (Å²) in [6, 6.07) is 4.69. The first-order chi connectivity index (χ1) is 9.72. The second-order valence-electron chi connectivity index (χ2n) is 5.50. The Balaban J connectivity index is 0.00000220. The van der Waals surface area contributed by atoms with E-state index in [-0.39, 0.29) is 30.0 Å².